The lowest BCUT2D eigenvalue weighted by atomic mass is 9.93. The summed E-state index contributed by atoms with van der Waals surface area (Å²) < 4.78 is 5.38. The van der Waals surface area contributed by atoms with Gasteiger partial charge in [0.05, 0.1) is 12.5 Å². The lowest BCUT2D eigenvalue weighted by Gasteiger charge is -2.24. The predicted octanol–water partition coefficient (Wildman–Crippen LogP) is 2.87. The molecule has 0 heterocycles. The molecule has 0 aliphatic rings. The largest absolute Gasteiger partial charge is 0.460 e. The molecule has 0 saturated heterocycles. The monoisotopic (exact) mass is 328 g/mol. The number of hydrogen-bond acceptors (Lipinski definition) is 4. The Bertz CT molecular complexity index is 373. The van der Waals surface area contributed by atoms with Crippen molar-refractivity contribution in [3.05, 3.63) is 0 Å². The van der Waals surface area contributed by atoms with E-state index in [0.717, 1.165) is 6.42 Å². The Morgan fingerprint density at radius 1 is 1.04 bits per heavy atom. The molecule has 0 aromatic carbocycles. The summed E-state index contributed by atoms with van der Waals surface area (Å²) in [5, 5.41) is 2.89. The Morgan fingerprint density at radius 3 is 2.00 bits per heavy atom. The van der Waals surface area contributed by atoms with Gasteiger partial charge in [0.15, 0.2) is 0 Å². The molecule has 5 heteroatoms. The van der Waals surface area contributed by atoms with Gasteiger partial charge < -0.3 is 15.8 Å². The Kier molecular flexibility index (Phi) is 9.44. The van der Waals surface area contributed by atoms with Crippen molar-refractivity contribution in [1.82, 2.24) is 5.32 Å². The first-order valence-corrected chi connectivity index (χ1v) is 8.65. The fourth-order valence-electron chi connectivity index (χ4n) is 2.52. The van der Waals surface area contributed by atoms with Crippen LogP contribution in [0.1, 0.15) is 67.7 Å². The summed E-state index contributed by atoms with van der Waals surface area (Å²) in [6.45, 7) is 14.3. The third-order valence-electron chi connectivity index (χ3n) is 3.31. The van der Waals surface area contributed by atoms with Crippen LogP contribution in [-0.4, -0.2) is 30.1 Å². The maximum Gasteiger partial charge on any atom is 0.306 e. The fourth-order valence-corrected chi connectivity index (χ4v) is 2.52. The SMILES string of the molecule is CC(C)C[C@H](CNC(=O)[C@@H](N)CC(C)C)CC(=O)OC(C)(C)C. The molecule has 2 atom stereocenters. The Balaban J connectivity index is 4.50. The van der Waals surface area contributed by atoms with Crippen molar-refractivity contribution < 1.29 is 14.3 Å². The highest BCUT2D eigenvalue weighted by atomic mass is 16.6. The van der Waals surface area contributed by atoms with E-state index in [4.69, 9.17) is 10.5 Å². The molecular weight excluding hydrogens is 292 g/mol. The molecule has 23 heavy (non-hydrogen) atoms. The molecule has 0 rings (SSSR count). The van der Waals surface area contributed by atoms with Gasteiger partial charge in [0.2, 0.25) is 5.91 Å². The van der Waals surface area contributed by atoms with Crippen molar-refractivity contribution in [3.63, 3.8) is 0 Å². The van der Waals surface area contributed by atoms with Gasteiger partial charge >= 0.3 is 5.97 Å². The first-order valence-electron chi connectivity index (χ1n) is 8.65. The van der Waals surface area contributed by atoms with Crippen LogP contribution in [-0.2, 0) is 14.3 Å². The highest BCUT2D eigenvalue weighted by Gasteiger charge is 2.23. The van der Waals surface area contributed by atoms with E-state index in [1.165, 1.54) is 0 Å². The fraction of sp³-hybridized carbons (Fsp3) is 0.889. The lowest BCUT2D eigenvalue weighted by molar-refractivity contribution is -0.156. The summed E-state index contributed by atoms with van der Waals surface area (Å²) in [6.07, 6.45) is 1.83. The van der Waals surface area contributed by atoms with E-state index in [1.807, 2.05) is 34.6 Å². The molecular formula is C18H36N2O3. The summed E-state index contributed by atoms with van der Waals surface area (Å²) in [5.74, 6) is 0.535. The first-order chi connectivity index (χ1) is 10.4. The van der Waals surface area contributed by atoms with Gasteiger partial charge in [0.1, 0.15) is 5.60 Å². The van der Waals surface area contributed by atoms with Gasteiger partial charge in [-0.25, -0.2) is 0 Å². The highest BCUT2D eigenvalue weighted by molar-refractivity contribution is 5.81. The summed E-state index contributed by atoms with van der Waals surface area (Å²) in [7, 11) is 0. The quantitative estimate of drug-likeness (QED) is 0.638. The maximum atomic E-state index is 12.0. The van der Waals surface area contributed by atoms with Crippen molar-refractivity contribution in [2.24, 2.45) is 23.5 Å². The number of hydrogen-bond donors (Lipinski definition) is 2. The summed E-state index contributed by atoms with van der Waals surface area (Å²) >= 11 is 0. The van der Waals surface area contributed by atoms with Gasteiger partial charge in [0, 0.05) is 6.54 Å². The number of carbonyl (C=O) groups is 2. The first kappa shape index (κ1) is 21.9. The molecule has 0 aliphatic heterocycles. The van der Waals surface area contributed by atoms with E-state index in [-0.39, 0.29) is 17.8 Å². The normalized spacial score (nSPS) is 14.7. The Labute approximate surface area is 141 Å². The molecule has 0 aromatic rings. The van der Waals surface area contributed by atoms with Gasteiger partial charge in [-0.15, -0.1) is 0 Å². The van der Waals surface area contributed by atoms with Gasteiger partial charge in [-0.3, -0.25) is 9.59 Å². The molecule has 0 aromatic heterocycles. The van der Waals surface area contributed by atoms with Crippen LogP contribution in [0.2, 0.25) is 0 Å². The second-order valence-electron chi connectivity index (χ2n) is 8.27. The second-order valence-corrected chi connectivity index (χ2v) is 8.27. The van der Waals surface area contributed by atoms with Crippen molar-refractivity contribution in [2.75, 3.05) is 6.54 Å². The number of nitrogens with two attached hydrogens (primary N) is 1. The molecule has 0 spiro atoms. The van der Waals surface area contributed by atoms with Crippen molar-refractivity contribution >= 4 is 11.9 Å². The minimum Gasteiger partial charge on any atom is -0.460 e. The van der Waals surface area contributed by atoms with E-state index in [2.05, 4.69) is 19.2 Å². The zero-order valence-electron chi connectivity index (χ0n) is 15.9. The molecule has 0 unspecified atom stereocenters. The summed E-state index contributed by atoms with van der Waals surface area (Å²) in [5.41, 5.74) is 5.40. The number of esters is 1. The smallest absolute Gasteiger partial charge is 0.306 e. The van der Waals surface area contributed by atoms with Crippen LogP contribution >= 0.6 is 0 Å². The minimum absolute atomic E-state index is 0.0695. The topological polar surface area (TPSA) is 81.4 Å². The zero-order valence-corrected chi connectivity index (χ0v) is 15.9. The summed E-state index contributed by atoms with van der Waals surface area (Å²) in [4.78, 5) is 24.0. The average molecular weight is 328 g/mol. The number of ether oxygens (including phenoxy) is 1. The maximum absolute atomic E-state index is 12.0. The van der Waals surface area contributed by atoms with E-state index in [1.54, 1.807) is 0 Å². The highest BCUT2D eigenvalue weighted by Crippen LogP contribution is 2.18. The van der Waals surface area contributed by atoms with Crippen LogP contribution in [0.3, 0.4) is 0 Å². The van der Waals surface area contributed by atoms with Crippen LogP contribution in [0.4, 0.5) is 0 Å². The number of carbonyl (C=O) groups excluding carboxylic acids is 2. The van der Waals surface area contributed by atoms with Crippen molar-refractivity contribution in [2.45, 2.75) is 79.4 Å². The molecule has 0 radical (unpaired) electrons. The summed E-state index contributed by atoms with van der Waals surface area (Å²) in [6, 6.07) is -0.490. The van der Waals surface area contributed by atoms with Crippen molar-refractivity contribution in [1.29, 1.82) is 0 Å². The Morgan fingerprint density at radius 2 is 1.57 bits per heavy atom. The van der Waals surface area contributed by atoms with E-state index in [9.17, 15) is 9.59 Å². The number of nitrogens with one attached hydrogen (secondary N) is 1. The molecule has 136 valence electrons. The third-order valence-corrected chi connectivity index (χ3v) is 3.31. The molecule has 1 amide bonds. The van der Waals surface area contributed by atoms with Gasteiger partial charge in [-0.05, 0) is 51.4 Å². The van der Waals surface area contributed by atoms with E-state index < -0.39 is 11.6 Å². The van der Waals surface area contributed by atoms with Crippen LogP contribution in [0.25, 0.3) is 0 Å². The second kappa shape index (κ2) is 9.91. The van der Waals surface area contributed by atoms with E-state index in [0.29, 0.717) is 31.2 Å². The number of amides is 1. The molecule has 5 nitrogen and oxygen atoms in total. The standard InChI is InChI=1S/C18H36N2O3/c1-12(2)8-14(10-16(21)23-18(5,6)7)11-20-17(22)15(19)9-13(3)4/h12-15H,8-11,19H2,1-7H3,(H,20,22)/t14-,15-/m0/s1. The molecule has 0 fully saturated rings. The van der Waals surface area contributed by atoms with Gasteiger partial charge in [-0.2, -0.15) is 0 Å². The predicted molar refractivity (Wildman–Crippen MR) is 93.8 cm³/mol. The number of rotatable bonds is 9. The Hall–Kier alpha value is -1.10. The van der Waals surface area contributed by atoms with Crippen LogP contribution in [0, 0.1) is 17.8 Å². The molecule has 3 N–H and O–H groups in total. The minimum atomic E-state index is -0.490. The van der Waals surface area contributed by atoms with Crippen LogP contribution < -0.4 is 11.1 Å². The van der Waals surface area contributed by atoms with Crippen molar-refractivity contribution in [3.8, 4) is 0 Å². The van der Waals surface area contributed by atoms with Crippen LogP contribution in [0.15, 0.2) is 0 Å². The van der Waals surface area contributed by atoms with Gasteiger partial charge in [-0.1, -0.05) is 27.7 Å². The molecule has 0 aliphatic carbocycles. The molecule has 0 saturated carbocycles. The zero-order chi connectivity index (χ0) is 18.2. The van der Waals surface area contributed by atoms with Gasteiger partial charge in [0.25, 0.3) is 0 Å². The molecule has 0 bridgehead atoms. The average Bonchev–Trinajstić information content (AvgIpc) is 2.31. The van der Waals surface area contributed by atoms with Crippen LogP contribution in [0.5, 0.6) is 0 Å². The third kappa shape index (κ3) is 12.0. The lowest BCUT2D eigenvalue weighted by Crippen LogP contribution is -2.43. The van der Waals surface area contributed by atoms with E-state index >= 15 is 0 Å².